The molecule has 5 amide bonds. The molecule has 2 fully saturated rings. The van der Waals surface area contributed by atoms with Gasteiger partial charge in [-0.2, -0.15) is 0 Å². The van der Waals surface area contributed by atoms with Crippen molar-refractivity contribution in [3.8, 4) is 5.75 Å². The lowest BCUT2D eigenvalue weighted by Crippen LogP contribution is -2.54. The molecule has 0 aromatic heterocycles. The lowest BCUT2D eigenvalue weighted by atomic mass is 9.86. The molecule has 1 unspecified atom stereocenters. The van der Waals surface area contributed by atoms with Crippen LogP contribution in [-0.2, 0) is 23.9 Å². The maximum Gasteiger partial charge on any atom is 0.264 e. The molecule has 3 aliphatic heterocycles. The van der Waals surface area contributed by atoms with Crippen LogP contribution in [0.3, 0.4) is 0 Å². The Labute approximate surface area is 309 Å². The first-order valence-corrected chi connectivity index (χ1v) is 18.0. The zero-order valence-electron chi connectivity index (χ0n) is 30.6. The number of fused-ring (bicyclic) bond motifs is 1. The molecule has 53 heavy (non-hydrogen) atoms. The van der Waals surface area contributed by atoms with E-state index in [1.807, 2.05) is 13.8 Å². The van der Waals surface area contributed by atoms with Crippen molar-refractivity contribution in [1.29, 1.82) is 0 Å². The summed E-state index contributed by atoms with van der Waals surface area (Å²) in [5, 5.41) is 7.98. The number of nitrogens with one attached hydrogen (secondary N) is 3. The highest BCUT2D eigenvalue weighted by Gasteiger charge is 2.45. The number of likely N-dealkylation sites (tertiary alicyclic amines) is 1. The van der Waals surface area contributed by atoms with Crippen LogP contribution in [0.25, 0.3) is 0 Å². The molecule has 2 aromatic rings. The highest BCUT2D eigenvalue weighted by atomic mass is 16.5. The predicted octanol–water partition coefficient (Wildman–Crippen LogP) is 3.29. The van der Waals surface area contributed by atoms with E-state index in [0.29, 0.717) is 25.7 Å². The summed E-state index contributed by atoms with van der Waals surface area (Å²) in [6.07, 6.45) is 3.53. The SMILES string of the molecule is C=CN=C(N)Nc1cc(C)c(C2CCN(CCOCCOCCC(=O)Nc3cccc4c3C(=O)N(C3CCC(=O)NC3=O)C4=O)CC2)cc1OC(C)C. The van der Waals surface area contributed by atoms with Crippen LogP contribution in [0.15, 0.2) is 48.1 Å². The summed E-state index contributed by atoms with van der Waals surface area (Å²) in [5.41, 5.74) is 9.49. The Morgan fingerprint density at radius 1 is 1.02 bits per heavy atom. The molecular weight excluding hydrogens is 682 g/mol. The van der Waals surface area contributed by atoms with Gasteiger partial charge in [0.25, 0.3) is 11.8 Å². The van der Waals surface area contributed by atoms with Gasteiger partial charge < -0.3 is 35.5 Å². The van der Waals surface area contributed by atoms with Gasteiger partial charge in [0.05, 0.1) is 61.5 Å². The van der Waals surface area contributed by atoms with Gasteiger partial charge in [-0.05, 0) is 94.4 Å². The largest absolute Gasteiger partial charge is 0.489 e. The van der Waals surface area contributed by atoms with Gasteiger partial charge in [0.1, 0.15) is 11.8 Å². The van der Waals surface area contributed by atoms with Crippen LogP contribution in [0.5, 0.6) is 5.75 Å². The van der Waals surface area contributed by atoms with Crippen LogP contribution in [-0.4, -0.2) is 104 Å². The summed E-state index contributed by atoms with van der Waals surface area (Å²) in [7, 11) is 0. The van der Waals surface area contributed by atoms with Gasteiger partial charge in [0.15, 0.2) is 5.96 Å². The minimum atomic E-state index is -1.09. The second-order valence-electron chi connectivity index (χ2n) is 13.5. The molecule has 0 saturated carbocycles. The highest BCUT2D eigenvalue weighted by Crippen LogP contribution is 2.37. The number of aryl methyl sites for hydroxylation is 1. The number of carbonyl (C=O) groups is 5. The number of benzene rings is 2. The first-order chi connectivity index (χ1) is 25.5. The number of nitrogens with two attached hydrogens (primary N) is 1. The van der Waals surface area contributed by atoms with Gasteiger partial charge in [-0.1, -0.05) is 12.6 Å². The molecule has 0 spiro atoms. The Balaban J connectivity index is 0.988. The number of amides is 5. The van der Waals surface area contributed by atoms with E-state index < -0.39 is 35.6 Å². The highest BCUT2D eigenvalue weighted by molar-refractivity contribution is 6.26. The predicted molar refractivity (Wildman–Crippen MR) is 199 cm³/mol. The molecule has 5 N–H and O–H groups in total. The van der Waals surface area contributed by atoms with Crippen molar-refractivity contribution >= 4 is 46.9 Å². The van der Waals surface area contributed by atoms with E-state index in [-0.39, 0.29) is 54.7 Å². The van der Waals surface area contributed by atoms with Crippen LogP contribution in [0.4, 0.5) is 11.4 Å². The monoisotopic (exact) mass is 731 g/mol. The minimum absolute atomic E-state index is 0.00120. The number of nitrogens with zero attached hydrogens (tertiary/aromatic N) is 3. The topological polar surface area (TPSA) is 194 Å². The second-order valence-corrected chi connectivity index (χ2v) is 13.5. The lowest BCUT2D eigenvalue weighted by Gasteiger charge is -2.33. The van der Waals surface area contributed by atoms with Crippen molar-refractivity contribution in [2.24, 2.45) is 10.7 Å². The van der Waals surface area contributed by atoms with E-state index in [0.717, 1.165) is 48.8 Å². The summed E-state index contributed by atoms with van der Waals surface area (Å²) in [6.45, 7) is 13.8. The average molecular weight is 732 g/mol. The summed E-state index contributed by atoms with van der Waals surface area (Å²) in [5.74, 6) is -1.45. The maximum absolute atomic E-state index is 13.2. The molecule has 3 aliphatic rings. The van der Waals surface area contributed by atoms with Crippen molar-refractivity contribution in [3.63, 3.8) is 0 Å². The molecule has 284 valence electrons. The number of hydrogen-bond donors (Lipinski definition) is 4. The third kappa shape index (κ3) is 9.86. The minimum Gasteiger partial charge on any atom is -0.489 e. The molecule has 0 aliphatic carbocycles. The van der Waals surface area contributed by atoms with Crippen molar-refractivity contribution < 1.29 is 38.2 Å². The Hall–Kier alpha value is -5.12. The second kappa shape index (κ2) is 18.1. The van der Waals surface area contributed by atoms with E-state index in [2.05, 4.69) is 51.5 Å². The number of carbonyl (C=O) groups excluding carboxylic acids is 5. The maximum atomic E-state index is 13.2. The number of imide groups is 2. The number of guanidine groups is 1. The van der Waals surface area contributed by atoms with Crippen LogP contribution < -0.4 is 26.4 Å². The summed E-state index contributed by atoms with van der Waals surface area (Å²) in [4.78, 5) is 70.1. The number of hydrogen-bond acceptors (Lipinski definition) is 10. The summed E-state index contributed by atoms with van der Waals surface area (Å²) >= 11 is 0. The van der Waals surface area contributed by atoms with Crippen molar-refractivity contribution in [2.75, 3.05) is 56.7 Å². The Bertz CT molecular complexity index is 1750. The molecule has 2 saturated heterocycles. The molecule has 3 heterocycles. The molecule has 1 atom stereocenters. The van der Waals surface area contributed by atoms with Crippen molar-refractivity contribution in [2.45, 2.75) is 70.9 Å². The summed E-state index contributed by atoms with van der Waals surface area (Å²) in [6, 6.07) is 7.66. The average Bonchev–Trinajstić information content (AvgIpc) is 3.36. The van der Waals surface area contributed by atoms with Gasteiger partial charge in [-0.25, -0.2) is 4.99 Å². The quantitative estimate of drug-likeness (QED) is 0.0857. The number of piperidine rings is 2. The third-order valence-electron chi connectivity index (χ3n) is 9.39. The normalized spacial score (nSPS) is 18.3. The van der Waals surface area contributed by atoms with Gasteiger partial charge in [0, 0.05) is 19.2 Å². The Kier molecular flexibility index (Phi) is 13.3. The molecular formula is C38H49N7O8. The van der Waals surface area contributed by atoms with Gasteiger partial charge >= 0.3 is 0 Å². The van der Waals surface area contributed by atoms with Crippen LogP contribution in [0.2, 0.25) is 0 Å². The third-order valence-corrected chi connectivity index (χ3v) is 9.39. The fraction of sp³-hybridized carbons (Fsp3) is 0.474. The lowest BCUT2D eigenvalue weighted by molar-refractivity contribution is -0.136. The van der Waals surface area contributed by atoms with Gasteiger partial charge in [-0.3, -0.25) is 34.2 Å². The van der Waals surface area contributed by atoms with Crippen molar-refractivity contribution in [3.05, 3.63) is 65.4 Å². The van der Waals surface area contributed by atoms with Crippen LogP contribution in [0, 0.1) is 6.92 Å². The molecule has 15 heteroatoms. The summed E-state index contributed by atoms with van der Waals surface area (Å²) < 4.78 is 17.5. The first-order valence-electron chi connectivity index (χ1n) is 18.0. The fourth-order valence-corrected chi connectivity index (χ4v) is 6.84. The van der Waals surface area contributed by atoms with E-state index in [1.165, 1.54) is 29.5 Å². The van der Waals surface area contributed by atoms with E-state index in [1.54, 1.807) is 6.07 Å². The smallest absolute Gasteiger partial charge is 0.264 e. The molecule has 5 rings (SSSR count). The fourth-order valence-electron chi connectivity index (χ4n) is 6.84. The van der Waals surface area contributed by atoms with Crippen LogP contribution in [0.1, 0.15) is 83.7 Å². The first kappa shape index (κ1) is 39.1. The van der Waals surface area contributed by atoms with E-state index in [9.17, 15) is 24.0 Å². The zero-order chi connectivity index (χ0) is 38.1. The number of aliphatic imine (C=N–C) groups is 1. The standard InChI is InChI=1S/C38H49N7O8/c1-5-40-38(39)42-29-21-24(4)27(22-31(29)53-23(2)3)25-11-14-44(15-12-25)16-18-52-20-19-51-17-13-33(47)41-28-8-6-7-26-34(28)37(50)45(36(26)49)30-9-10-32(46)43-35(30)48/h5-8,21-23,25,30H,1,9-20H2,2-4H3,(H,41,47)(H3,39,40,42)(H,43,46,48). The van der Waals surface area contributed by atoms with Gasteiger partial charge in [-0.15, -0.1) is 0 Å². The molecule has 0 bridgehead atoms. The zero-order valence-corrected chi connectivity index (χ0v) is 30.6. The van der Waals surface area contributed by atoms with E-state index >= 15 is 0 Å². The Morgan fingerprint density at radius 3 is 2.45 bits per heavy atom. The van der Waals surface area contributed by atoms with Crippen molar-refractivity contribution in [1.82, 2.24) is 15.1 Å². The molecule has 0 radical (unpaired) electrons. The number of rotatable bonds is 16. The number of ether oxygens (including phenoxy) is 3. The van der Waals surface area contributed by atoms with Gasteiger partial charge in [0.2, 0.25) is 17.7 Å². The van der Waals surface area contributed by atoms with E-state index in [4.69, 9.17) is 19.9 Å². The Morgan fingerprint density at radius 2 is 1.75 bits per heavy atom. The van der Waals surface area contributed by atoms with Crippen LogP contribution >= 0.6 is 0 Å². The molecule has 2 aromatic carbocycles. The number of anilines is 2. The molecule has 15 nitrogen and oxygen atoms in total.